The van der Waals surface area contributed by atoms with Crippen molar-refractivity contribution in [3.63, 3.8) is 0 Å². The lowest BCUT2D eigenvalue weighted by molar-refractivity contribution is -0.130. The monoisotopic (exact) mass is 264 g/mol. The maximum Gasteiger partial charge on any atom is 0.238 e. The van der Waals surface area contributed by atoms with Crippen LogP contribution in [0.1, 0.15) is 32.4 Å². The summed E-state index contributed by atoms with van der Waals surface area (Å²) in [7, 11) is 3.53. The Morgan fingerprint density at radius 3 is 2.32 bits per heavy atom. The fourth-order valence-corrected chi connectivity index (χ4v) is 1.95. The van der Waals surface area contributed by atoms with E-state index in [-0.39, 0.29) is 18.0 Å². The molecule has 106 valence electrons. The van der Waals surface area contributed by atoms with Crippen molar-refractivity contribution < 1.29 is 9.53 Å². The van der Waals surface area contributed by atoms with Crippen LogP contribution in [0.25, 0.3) is 0 Å². The molecular weight excluding hydrogens is 240 g/mol. The van der Waals surface area contributed by atoms with Crippen LogP contribution in [-0.2, 0) is 4.79 Å². The van der Waals surface area contributed by atoms with Crippen molar-refractivity contribution in [1.82, 2.24) is 10.2 Å². The maximum atomic E-state index is 11.8. The van der Waals surface area contributed by atoms with Crippen molar-refractivity contribution >= 4 is 5.91 Å². The van der Waals surface area contributed by atoms with Crippen LogP contribution in [0, 0.1) is 0 Å². The van der Waals surface area contributed by atoms with Gasteiger partial charge in [-0.05, 0) is 38.5 Å². The van der Waals surface area contributed by atoms with Crippen molar-refractivity contribution in [2.45, 2.75) is 32.9 Å². The topological polar surface area (TPSA) is 41.6 Å². The lowest BCUT2D eigenvalue weighted by atomic mass is 10.1. The van der Waals surface area contributed by atoms with Crippen molar-refractivity contribution in [2.75, 3.05) is 20.7 Å². The predicted molar refractivity (Wildman–Crippen MR) is 77.3 cm³/mol. The molecule has 4 heteroatoms. The van der Waals surface area contributed by atoms with E-state index in [0.717, 1.165) is 11.3 Å². The van der Waals surface area contributed by atoms with Gasteiger partial charge < -0.3 is 9.64 Å². The molecule has 0 bridgehead atoms. The molecule has 1 aromatic carbocycles. The van der Waals surface area contributed by atoms with Crippen LogP contribution in [0.15, 0.2) is 24.3 Å². The summed E-state index contributed by atoms with van der Waals surface area (Å²) in [6.45, 7) is 6.57. The van der Waals surface area contributed by atoms with Crippen molar-refractivity contribution in [3.05, 3.63) is 29.8 Å². The summed E-state index contributed by atoms with van der Waals surface area (Å²) in [6.07, 6.45) is 0. The molecule has 19 heavy (non-hydrogen) atoms. The highest BCUT2D eigenvalue weighted by molar-refractivity contribution is 5.80. The van der Waals surface area contributed by atoms with E-state index in [2.05, 4.69) is 12.2 Å². The third kappa shape index (κ3) is 4.56. The molecule has 0 saturated heterocycles. The van der Waals surface area contributed by atoms with Crippen LogP contribution in [0.3, 0.4) is 0 Å². The van der Waals surface area contributed by atoms with Gasteiger partial charge in [0.2, 0.25) is 5.91 Å². The minimum Gasteiger partial charge on any atom is -0.494 e. The first-order chi connectivity index (χ1) is 8.95. The largest absolute Gasteiger partial charge is 0.494 e. The number of amides is 1. The van der Waals surface area contributed by atoms with Crippen molar-refractivity contribution in [3.8, 4) is 5.75 Å². The minimum atomic E-state index is -0.198. The molecule has 0 aromatic heterocycles. The summed E-state index contributed by atoms with van der Waals surface area (Å²) >= 11 is 0. The fraction of sp³-hybridized carbons (Fsp3) is 0.533. The number of ether oxygens (including phenoxy) is 1. The summed E-state index contributed by atoms with van der Waals surface area (Å²) in [6, 6.07) is 7.88. The molecule has 1 rings (SSSR count). The number of benzene rings is 1. The lowest BCUT2D eigenvalue weighted by Gasteiger charge is -2.22. The van der Waals surface area contributed by atoms with E-state index < -0.39 is 0 Å². The number of carbonyl (C=O) groups is 1. The molecule has 0 saturated carbocycles. The first-order valence-corrected chi connectivity index (χ1v) is 6.65. The van der Waals surface area contributed by atoms with Crippen molar-refractivity contribution in [2.24, 2.45) is 0 Å². The van der Waals surface area contributed by atoms with Crippen LogP contribution >= 0.6 is 0 Å². The van der Waals surface area contributed by atoms with Gasteiger partial charge >= 0.3 is 0 Å². The Balaban J connectivity index is 2.62. The molecule has 0 spiro atoms. The quantitative estimate of drug-likeness (QED) is 0.856. The zero-order valence-corrected chi connectivity index (χ0v) is 12.4. The Labute approximate surface area is 115 Å². The molecule has 2 atom stereocenters. The third-order valence-corrected chi connectivity index (χ3v) is 3.00. The summed E-state index contributed by atoms with van der Waals surface area (Å²) in [5.74, 6) is 0.952. The average Bonchev–Trinajstić information content (AvgIpc) is 2.38. The number of hydrogen-bond donors (Lipinski definition) is 1. The Morgan fingerprint density at radius 1 is 1.26 bits per heavy atom. The molecule has 0 aliphatic heterocycles. The Morgan fingerprint density at radius 2 is 1.84 bits per heavy atom. The van der Waals surface area contributed by atoms with E-state index >= 15 is 0 Å². The van der Waals surface area contributed by atoms with E-state index in [4.69, 9.17) is 4.74 Å². The highest BCUT2D eigenvalue weighted by Gasteiger charge is 2.17. The third-order valence-electron chi connectivity index (χ3n) is 3.00. The standard InChI is InChI=1S/C15H24N2O2/c1-6-19-14-9-7-13(8-10-14)11(2)16-12(3)15(18)17(4)5/h7-12,16H,6H2,1-5H3. The number of rotatable bonds is 6. The van der Waals surface area contributed by atoms with Gasteiger partial charge in [-0.1, -0.05) is 12.1 Å². The molecule has 0 aliphatic rings. The van der Waals surface area contributed by atoms with Gasteiger partial charge in [0.1, 0.15) is 5.75 Å². The number of carbonyl (C=O) groups excluding carboxylic acids is 1. The molecule has 1 amide bonds. The van der Waals surface area contributed by atoms with Crippen LogP contribution in [0.4, 0.5) is 0 Å². The van der Waals surface area contributed by atoms with E-state index in [1.54, 1.807) is 19.0 Å². The Bertz CT molecular complexity index is 401. The molecule has 0 radical (unpaired) electrons. The molecule has 2 unspecified atom stereocenters. The van der Waals surface area contributed by atoms with Gasteiger partial charge in [0.15, 0.2) is 0 Å². The molecule has 0 aliphatic carbocycles. The van der Waals surface area contributed by atoms with Gasteiger partial charge in [-0.25, -0.2) is 0 Å². The fourth-order valence-electron chi connectivity index (χ4n) is 1.95. The molecule has 0 fully saturated rings. The summed E-state index contributed by atoms with van der Waals surface area (Å²) in [5, 5.41) is 3.30. The lowest BCUT2D eigenvalue weighted by Crippen LogP contribution is -2.42. The summed E-state index contributed by atoms with van der Waals surface area (Å²) < 4.78 is 5.41. The van der Waals surface area contributed by atoms with Gasteiger partial charge in [0, 0.05) is 20.1 Å². The second kappa shape index (κ2) is 7.14. The summed E-state index contributed by atoms with van der Waals surface area (Å²) in [4.78, 5) is 13.4. The highest BCUT2D eigenvalue weighted by Crippen LogP contribution is 2.18. The zero-order valence-electron chi connectivity index (χ0n) is 12.4. The van der Waals surface area contributed by atoms with E-state index in [9.17, 15) is 4.79 Å². The second-order valence-electron chi connectivity index (χ2n) is 4.84. The van der Waals surface area contributed by atoms with Gasteiger partial charge in [-0.3, -0.25) is 10.1 Å². The Hall–Kier alpha value is -1.55. The average molecular weight is 264 g/mol. The van der Waals surface area contributed by atoms with Gasteiger partial charge in [-0.15, -0.1) is 0 Å². The maximum absolute atomic E-state index is 11.8. The van der Waals surface area contributed by atoms with Gasteiger partial charge in [0.05, 0.1) is 12.6 Å². The van der Waals surface area contributed by atoms with Crippen molar-refractivity contribution in [1.29, 1.82) is 0 Å². The summed E-state index contributed by atoms with van der Waals surface area (Å²) in [5.41, 5.74) is 1.14. The predicted octanol–water partition coefficient (Wildman–Crippen LogP) is 2.21. The molecule has 4 nitrogen and oxygen atoms in total. The van der Waals surface area contributed by atoms with Crippen LogP contribution in [0.5, 0.6) is 5.75 Å². The number of nitrogens with one attached hydrogen (secondary N) is 1. The normalized spacial score (nSPS) is 13.7. The zero-order chi connectivity index (χ0) is 14.4. The van der Waals surface area contributed by atoms with E-state index in [1.165, 1.54) is 0 Å². The molecule has 1 N–H and O–H groups in total. The highest BCUT2D eigenvalue weighted by atomic mass is 16.5. The minimum absolute atomic E-state index is 0.0813. The number of hydrogen-bond acceptors (Lipinski definition) is 3. The number of likely N-dealkylation sites (N-methyl/N-ethyl adjacent to an activating group) is 1. The number of nitrogens with zero attached hydrogens (tertiary/aromatic N) is 1. The van der Waals surface area contributed by atoms with Crippen LogP contribution in [0.2, 0.25) is 0 Å². The molecule has 0 heterocycles. The smallest absolute Gasteiger partial charge is 0.238 e. The first-order valence-electron chi connectivity index (χ1n) is 6.65. The van der Waals surface area contributed by atoms with E-state index in [0.29, 0.717) is 6.61 Å². The Kier molecular flexibility index (Phi) is 5.83. The second-order valence-corrected chi connectivity index (χ2v) is 4.84. The van der Waals surface area contributed by atoms with E-state index in [1.807, 2.05) is 38.1 Å². The van der Waals surface area contributed by atoms with Gasteiger partial charge in [0.25, 0.3) is 0 Å². The molecular formula is C15H24N2O2. The van der Waals surface area contributed by atoms with Gasteiger partial charge in [-0.2, -0.15) is 0 Å². The van der Waals surface area contributed by atoms with Crippen LogP contribution in [-0.4, -0.2) is 37.6 Å². The molecule has 1 aromatic rings. The van der Waals surface area contributed by atoms with Crippen LogP contribution < -0.4 is 10.1 Å². The first kappa shape index (κ1) is 15.5. The SMILES string of the molecule is CCOc1ccc(C(C)NC(C)C(=O)N(C)C)cc1.